The molecule has 0 bridgehead atoms. The lowest BCUT2D eigenvalue weighted by molar-refractivity contribution is 0.249. The summed E-state index contributed by atoms with van der Waals surface area (Å²) in [7, 11) is 4.31. The summed E-state index contributed by atoms with van der Waals surface area (Å²) in [4.78, 5) is 4.77. The van der Waals surface area contributed by atoms with E-state index < -0.39 is 0 Å². The van der Waals surface area contributed by atoms with Crippen LogP contribution in [0.15, 0.2) is 36.4 Å². The molecular formula is C18H24N2O. The lowest BCUT2D eigenvalue weighted by Crippen LogP contribution is -2.34. The molecule has 1 heterocycles. The summed E-state index contributed by atoms with van der Waals surface area (Å²) >= 11 is 0. The Morgan fingerprint density at radius 1 is 1.14 bits per heavy atom. The van der Waals surface area contributed by atoms with Crippen LogP contribution in [-0.4, -0.2) is 48.1 Å². The Hall–Kier alpha value is -1.58. The average molecular weight is 284 g/mol. The Bertz CT molecular complexity index is 638. The largest absolute Gasteiger partial charge is 0.508 e. The van der Waals surface area contributed by atoms with Gasteiger partial charge < -0.3 is 10.0 Å². The predicted molar refractivity (Wildman–Crippen MR) is 87.5 cm³/mol. The zero-order valence-electron chi connectivity index (χ0n) is 13.1. The third-order valence-corrected chi connectivity index (χ3v) is 4.71. The molecule has 3 rings (SSSR count). The van der Waals surface area contributed by atoms with Gasteiger partial charge in [-0.05, 0) is 36.9 Å². The maximum atomic E-state index is 10.3. The van der Waals surface area contributed by atoms with Gasteiger partial charge in [0.1, 0.15) is 5.75 Å². The Morgan fingerprint density at radius 2 is 1.90 bits per heavy atom. The molecule has 0 aliphatic carbocycles. The van der Waals surface area contributed by atoms with Gasteiger partial charge in [0.15, 0.2) is 0 Å². The van der Waals surface area contributed by atoms with Crippen molar-refractivity contribution in [2.24, 2.45) is 5.92 Å². The number of nitrogens with zero attached hydrogens (tertiary/aromatic N) is 2. The highest BCUT2D eigenvalue weighted by Crippen LogP contribution is 2.30. The van der Waals surface area contributed by atoms with E-state index in [1.54, 1.807) is 0 Å². The monoisotopic (exact) mass is 284 g/mol. The summed E-state index contributed by atoms with van der Waals surface area (Å²) in [5.74, 6) is 1.08. The maximum absolute atomic E-state index is 10.3. The molecule has 0 amide bonds. The van der Waals surface area contributed by atoms with E-state index in [1.165, 1.54) is 10.8 Å². The van der Waals surface area contributed by atoms with E-state index in [9.17, 15) is 5.11 Å². The normalized spacial score (nSPS) is 23.2. The predicted octanol–water partition coefficient (Wildman–Crippen LogP) is 2.93. The van der Waals surface area contributed by atoms with Gasteiger partial charge >= 0.3 is 0 Å². The van der Waals surface area contributed by atoms with Crippen molar-refractivity contribution in [3.63, 3.8) is 0 Å². The van der Waals surface area contributed by atoms with Gasteiger partial charge in [0, 0.05) is 31.2 Å². The van der Waals surface area contributed by atoms with Gasteiger partial charge in [-0.15, -0.1) is 0 Å². The number of aromatic hydroxyl groups is 1. The number of hydrogen-bond donors (Lipinski definition) is 1. The minimum Gasteiger partial charge on any atom is -0.508 e. The molecular weight excluding hydrogens is 260 g/mol. The lowest BCUT2D eigenvalue weighted by atomic mass is 10.0. The van der Waals surface area contributed by atoms with E-state index in [0.29, 0.717) is 17.7 Å². The fraction of sp³-hybridized carbons (Fsp3) is 0.444. The van der Waals surface area contributed by atoms with Gasteiger partial charge in [0.25, 0.3) is 0 Å². The Labute approximate surface area is 126 Å². The quantitative estimate of drug-likeness (QED) is 0.939. The number of phenolic OH excluding ortho intramolecular Hbond substituents is 1. The first-order chi connectivity index (χ1) is 10.1. The van der Waals surface area contributed by atoms with Crippen LogP contribution in [0.5, 0.6) is 5.75 Å². The van der Waals surface area contributed by atoms with Crippen LogP contribution >= 0.6 is 0 Å². The number of phenols is 1. The molecule has 112 valence electrons. The van der Waals surface area contributed by atoms with Gasteiger partial charge in [0.05, 0.1) is 0 Å². The van der Waals surface area contributed by atoms with Gasteiger partial charge in [-0.3, -0.25) is 4.90 Å². The highest BCUT2D eigenvalue weighted by Gasteiger charge is 2.31. The molecule has 1 fully saturated rings. The van der Waals surface area contributed by atoms with Crippen molar-refractivity contribution in [2.45, 2.75) is 19.5 Å². The van der Waals surface area contributed by atoms with E-state index in [0.717, 1.165) is 25.2 Å². The molecule has 0 saturated carbocycles. The van der Waals surface area contributed by atoms with Crippen LogP contribution in [0.4, 0.5) is 0 Å². The SMILES string of the molecule is CC1CN(Cc2c(O)ccc3ccccc23)CC1N(C)C. The molecule has 0 aromatic heterocycles. The summed E-state index contributed by atoms with van der Waals surface area (Å²) in [6.45, 7) is 5.29. The maximum Gasteiger partial charge on any atom is 0.120 e. The minimum atomic E-state index is 0.412. The molecule has 1 aliphatic heterocycles. The topological polar surface area (TPSA) is 26.7 Å². The van der Waals surface area contributed by atoms with Gasteiger partial charge in [-0.25, -0.2) is 0 Å². The molecule has 1 N–H and O–H groups in total. The third-order valence-electron chi connectivity index (χ3n) is 4.71. The second-order valence-electron chi connectivity index (χ2n) is 6.49. The van der Waals surface area contributed by atoms with Gasteiger partial charge in [0.2, 0.25) is 0 Å². The van der Waals surface area contributed by atoms with Crippen LogP contribution in [0.3, 0.4) is 0 Å². The minimum absolute atomic E-state index is 0.412. The Balaban J connectivity index is 1.87. The number of likely N-dealkylation sites (tertiary alicyclic amines) is 1. The standard InChI is InChI=1S/C18H24N2O/c1-13-10-20(12-17(13)19(2)3)11-16-15-7-5-4-6-14(15)8-9-18(16)21/h4-9,13,17,21H,10-12H2,1-3H3. The van der Waals surface area contributed by atoms with E-state index in [-0.39, 0.29) is 0 Å². The first kappa shape index (κ1) is 14.4. The Morgan fingerprint density at radius 3 is 2.62 bits per heavy atom. The summed E-state index contributed by atoms with van der Waals surface area (Å²) in [5, 5.41) is 12.6. The van der Waals surface area contributed by atoms with Crippen LogP contribution < -0.4 is 0 Å². The van der Waals surface area contributed by atoms with Crippen molar-refractivity contribution in [3.8, 4) is 5.75 Å². The molecule has 3 nitrogen and oxygen atoms in total. The molecule has 21 heavy (non-hydrogen) atoms. The number of rotatable bonds is 3. The van der Waals surface area contributed by atoms with Crippen LogP contribution in [0.25, 0.3) is 10.8 Å². The second kappa shape index (κ2) is 5.66. The lowest BCUT2D eigenvalue weighted by Gasteiger charge is -2.23. The van der Waals surface area contributed by atoms with E-state index in [4.69, 9.17) is 0 Å². The summed E-state index contributed by atoms with van der Waals surface area (Å²) in [6, 6.07) is 12.7. The first-order valence-corrected chi connectivity index (χ1v) is 7.64. The molecule has 1 aliphatic rings. The van der Waals surface area contributed by atoms with Crippen molar-refractivity contribution in [3.05, 3.63) is 42.0 Å². The smallest absolute Gasteiger partial charge is 0.120 e. The van der Waals surface area contributed by atoms with Crippen molar-refractivity contribution in [1.82, 2.24) is 9.80 Å². The molecule has 1 saturated heterocycles. The highest BCUT2D eigenvalue weighted by atomic mass is 16.3. The molecule has 2 atom stereocenters. The number of fused-ring (bicyclic) bond motifs is 1. The van der Waals surface area contributed by atoms with E-state index in [2.05, 4.69) is 43.0 Å². The zero-order chi connectivity index (χ0) is 15.0. The summed E-state index contributed by atoms with van der Waals surface area (Å²) in [6.07, 6.45) is 0. The fourth-order valence-corrected chi connectivity index (χ4v) is 3.56. The van der Waals surface area contributed by atoms with Gasteiger partial charge in [-0.1, -0.05) is 37.3 Å². The van der Waals surface area contributed by atoms with E-state index in [1.807, 2.05) is 24.3 Å². The zero-order valence-corrected chi connectivity index (χ0v) is 13.1. The molecule has 0 spiro atoms. The van der Waals surface area contributed by atoms with Crippen LogP contribution in [0.1, 0.15) is 12.5 Å². The fourth-order valence-electron chi connectivity index (χ4n) is 3.56. The van der Waals surface area contributed by atoms with Crippen LogP contribution in [0, 0.1) is 5.92 Å². The Kier molecular flexibility index (Phi) is 3.87. The highest BCUT2D eigenvalue weighted by molar-refractivity contribution is 5.87. The third kappa shape index (κ3) is 2.76. The molecule has 2 aromatic rings. The summed E-state index contributed by atoms with van der Waals surface area (Å²) in [5.41, 5.74) is 1.06. The number of benzene rings is 2. The van der Waals surface area contributed by atoms with Crippen molar-refractivity contribution >= 4 is 10.8 Å². The second-order valence-corrected chi connectivity index (χ2v) is 6.49. The number of hydrogen-bond acceptors (Lipinski definition) is 3. The molecule has 2 aromatic carbocycles. The van der Waals surface area contributed by atoms with E-state index >= 15 is 0 Å². The molecule has 0 radical (unpaired) electrons. The van der Waals surface area contributed by atoms with Crippen LogP contribution in [0.2, 0.25) is 0 Å². The van der Waals surface area contributed by atoms with Crippen molar-refractivity contribution in [1.29, 1.82) is 0 Å². The summed E-state index contributed by atoms with van der Waals surface area (Å²) < 4.78 is 0. The van der Waals surface area contributed by atoms with Gasteiger partial charge in [-0.2, -0.15) is 0 Å². The molecule has 3 heteroatoms. The van der Waals surface area contributed by atoms with Crippen molar-refractivity contribution in [2.75, 3.05) is 27.2 Å². The van der Waals surface area contributed by atoms with Crippen molar-refractivity contribution < 1.29 is 5.11 Å². The average Bonchev–Trinajstić information content (AvgIpc) is 2.83. The number of likely N-dealkylation sites (N-methyl/N-ethyl adjacent to an activating group) is 1. The first-order valence-electron chi connectivity index (χ1n) is 7.64. The molecule has 2 unspecified atom stereocenters. The van der Waals surface area contributed by atoms with Crippen LogP contribution in [-0.2, 0) is 6.54 Å².